The van der Waals surface area contributed by atoms with E-state index < -0.39 is 6.17 Å². The fourth-order valence-corrected chi connectivity index (χ4v) is 2.52. The van der Waals surface area contributed by atoms with Gasteiger partial charge in [0.25, 0.3) is 0 Å². The molecule has 0 bridgehead atoms. The van der Waals surface area contributed by atoms with Crippen LogP contribution in [0, 0.1) is 0 Å². The van der Waals surface area contributed by atoms with Crippen LogP contribution in [0.2, 0.25) is 5.02 Å². The van der Waals surface area contributed by atoms with Gasteiger partial charge in [-0.15, -0.1) is 0 Å². The average molecular weight is 275 g/mol. The molecule has 0 spiro atoms. The predicted octanol–water partition coefficient (Wildman–Crippen LogP) is 1.86. The summed E-state index contributed by atoms with van der Waals surface area (Å²) in [7, 11) is 3.96. The summed E-state index contributed by atoms with van der Waals surface area (Å²) in [6, 6.07) is -0.127. The van der Waals surface area contributed by atoms with Gasteiger partial charge >= 0.3 is 0 Å². The van der Waals surface area contributed by atoms with Crippen molar-refractivity contribution in [1.82, 2.24) is 20.0 Å². The van der Waals surface area contributed by atoms with Crippen LogP contribution in [0.1, 0.15) is 24.7 Å². The highest BCUT2D eigenvalue weighted by molar-refractivity contribution is 6.31. The lowest BCUT2D eigenvalue weighted by Gasteiger charge is -2.19. The van der Waals surface area contributed by atoms with E-state index in [1.807, 2.05) is 19.0 Å². The molecule has 1 fully saturated rings. The zero-order chi connectivity index (χ0) is 13.1. The highest BCUT2D eigenvalue weighted by Gasteiger charge is 2.30. The Morgan fingerprint density at radius 2 is 2.44 bits per heavy atom. The first kappa shape index (κ1) is 13.8. The SMILES string of the molecule is CN(C)CCn1ncc(Cl)c1C(F)C1CCCN1. The summed E-state index contributed by atoms with van der Waals surface area (Å²) in [6.45, 7) is 2.35. The highest BCUT2D eigenvalue weighted by atomic mass is 35.5. The van der Waals surface area contributed by atoms with Crippen LogP contribution in [0.25, 0.3) is 0 Å². The molecule has 1 N–H and O–H groups in total. The molecule has 1 aromatic rings. The monoisotopic (exact) mass is 274 g/mol. The van der Waals surface area contributed by atoms with Crippen LogP contribution >= 0.6 is 11.6 Å². The van der Waals surface area contributed by atoms with Gasteiger partial charge in [0.05, 0.1) is 23.5 Å². The van der Waals surface area contributed by atoms with Crippen LogP contribution in [0.3, 0.4) is 0 Å². The summed E-state index contributed by atoms with van der Waals surface area (Å²) in [5.41, 5.74) is 0.512. The van der Waals surface area contributed by atoms with E-state index in [4.69, 9.17) is 11.6 Å². The molecule has 0 amide bonds. The van der Waals surface area contributed by atoms with Gasteiger partial charge < -0.3 is 10.2 Å². The summed E-state index contributed by atoms with van der Waals surface area (Å²) in [4.78, 5) is 2.04. The van der Waals surface area contributed by atoms with Crippen molar-refractivity contribution in [3.05, 3.63) is 16.9 Å². The molecule has 1 aliphatic rings. The van der Waals surface area contributed by atoms with Crippen LogP contribution in [-0.2, 0) is 6.54 Å². The van der Waals surface area contributed by atoms with Gasteiger partial charge in [0, 0.05) is 12.6 Å². The maximum Gasteiger partial charge on any atom is 0.158 e. The fourth-order valence-electron chi connectivity index (χ4n) is 2.27. The largest absolute Gasteiger partial charge is 0.311 e. The Hall–Kier alpha value is -0.650. The first-order valence-electron chi connectivity index (χ1n) is 6.33. The van der Waals surface area contributed by atoms with Crippen LogP contribution in [-0.4, -0.2) is 47.9 Å². The second-order valence-corrected chi connectivity index (χ2v) is 5.42. The van der Waals surface area contributed by atoms with Gasteiger partial charge in [0.15, 0.2) is 6.17 Å². The van der Waals surface area contributed by atoms with Crippen LogP contribution in [0.5, 0.6) is 0 Å². The quantitative estimate of drug-likeness (QED) is 0.890. The van der Waals surface area contributed by atoms with Crippen LogP contribution < -0.4 is 5.32 Å². The Morgan fingerprint density at radius 3 is 3.06 bits per heavy atom. The molecule has 0 saturated carbocycles. The Labute approximate surface area is 112 Å². The molecule has 1 aliphatic heterocycles. The minimum Gasteiger partial charge on any atom is -0.311 e. The van der Waals surface area contributed by atoms with Crippen molar-refractivity contribution < 1.29 is 4.39 Å². The summed E-state index contributed by atoms with van der Waals surface area (Å²) in [6.07, 6.45) is 2.34. The summed E-state index contributed by atoms with van der Waals surface area (Å²) in [5, 5.41) is 7.78. The molecule has 102 valence electrons. The summed E-state index contributed by atoms with van der Waals surface area (Å²) >= 11 is 6.07. The van der Waals surface area contributed by atoms with Crippen molar-refractivity contribution in [3.63, 3.8) is 0 Å². The molecule has 0 aromatic carbocycles. The summed E-state index contributed by atoms with van der Waals surface area (Å²) in [5.74, 6) is 0. The zero-order valence-electron chi connectivity index (χ0n) is 10.9. The van der Waals surface area contributed by atoms with Crippen molar-refractivity contribution in [1.29, 1.82) is 0 Å². The molecule has 1 saturated heterocycles. The van der Waals surface area contributed by atoms with Crippen LogP contribution in [0.15, 0.2) is 6.20 Å². The number of rotatable bonds is 5. The minimum atomic E-state index is -1.08. The second-order valence-electron chi connectivity index (χ2n) is 5.01. The third kappa shape index (κ3) is 3.02. The topological polar surface area (TPSA) is 33.1 Å². The molecular weight excluding hydrogens is 255 g/mol. The normalized spacial score (nSPS) is 21.7. The Kier molecular flexibility index (Phi) is 4.59. The Bertz CT molecular complexity index is 387. The molecular formula is C12H20ClFN4. The third-order valence-electron chi connectivity index (χ3n) is 3.31. The van der Waals surface area contributed by atoms with E-state index in [9.17, 15) is 4.39 Å². The fraction of sp³-hybridized carbons (Fsp3) is 0.750. The van der Waals surface area contributed by atoms with E-state index in [0.717, 1.165) is 25.9 Å². The first-order chi connectivity index (χ1) is 8.59. The van der Waals surface area contributed by atoms with Gasteiger partial charge in [0.1, 0.15) is 0 Å². The summed E-state index contributed by atoms with van der Waals surface area (Å²) < 4.78 is 16.2. The van der Waals surface area contributed by atoms with E-state index in [2.05, 4.69) is 10.4 Å². The number of nitrogens with one attached hydrogen (secondary N) is 1. The molecule has 2 atom stereocenters. The smallest absolute Gasteiger partial charge is 0.158 e. The molecule has 6 heteroatoms. The molecule has 2 rings (SSSR count). The van der Waals surface area contributed by atoms with Crippen molar-refractivity contribution >= 4 is 11.6 Å². The van der Waals surface area contributed by atoms with Crippen molar-refractivity contribution in [2.24, 2.45) is 0 Å². The number of hydrogen-bond donors (Lipinski definition) is 1. The lowest BCUT2D eigenvalue weighted by atomic mass is 10.1. The van der Waals surface area contributed by atoms with Gasteiger partial charge in [-0.1, -0.05) is 11.6 Å². The first-order valence-corrected chi connectivity index (χ1v) is 6.71. The van der Waals surface area contributed by atoms with Crippen LogP contribution in [0.4, 0.5) is 4.39 Å². The number of halogens is 2. The van der Waals surface area contributed by atoms with E-state index >= 15 is 0 Å². The standard InChI is InChI=1S/C12H20ClFN4/c1-17(2)6-7-18-12(9(13)8-16-18)11(14)10-4-3-5-15-10/h8,10-11,15H,3-7H2,1-2H3. The number of likely N-dealkylation sites (N-methyl/N-ethyl adjacent to an activating group) is 1. The lowest BCUT2D eigenvalue weighted by Crippen LogP contribution is -2.29. The molecule has 4 nitrogen and oxygen atoms in total. The molecule has 18 heavy (non-hydrogen) atoms. The Morgan fingerprint density at radius 1 is 1.67 bits per heavy atom. The maximum absolute atomic E-state index is 14.5. The minimum absolute atomic E-state index is 0.127. The van der Waals surface area contributed by atoms with Gasteiger partial charge in [-0.05, 0) is 33.5 Å². The molecule has 1 aromatic heterocycles. The molecule has 0 radical (unpaired) electrons. The number of nitrogens with zero attached hydrogens (tertiary/aromatic N) is 3. The lowest BCUT2D eigenvalue weighted by molar-refractivity contribution is 0.250. The number of aromatic nitrogens is 2. The molecule has 2 heterocycles. The third-order valence-corrected chi connectivity index (χ3v) is 3.60. The van der Waals surface area contributed by atoms with Crippen molar-refractivity contribution in [2.75, 3.05) is 27.2 Å². The van der Waals surface area contributed by atoms with E-state index in [1.165, 1.54) is 6.20 Å². The second kappa shape index (κ2) is 5.99. The van der Waals surface area contributed by atoms with Crippen molar-refractivity contribution in [3.8, 4) is 0 Å². The predicted molar refractivity (Wildman–Crippen MR) is 70.7 cm³/mol. The average Bonchev–Trinajstić information content (AvgIpc) is 2.94. The maximum atomic E-state index is 14.5. The number of hydrogen-bond acceptors (Lipinski definition) is 3. The van der Waals surface area contributed by atoms with Gasteiger partial charge in [-0.25, -0.2) is 4.39 Å². The van der Waals surface area contributed by atoms with Crippen molar-refractivity contribution in [2.45, 2.75) is 31.6 Å². The molecule has 0 aliphatic carbocycles. The van der Waals surface area contributed by atoms with E-state index in [1.54, 1.807) is 4.68 Å². The highest BCUT2D eigenvalue weighted by Crippen LogP contribution is 2.31. The van der Waals surface area contributed by atoms with Gasteiger partial charge in [-0.2, -0.15) is 5.10 Å². The van der Waals surface area contributed by atoms with E-state index in [0.29, 0.717) is 17.3 Å². The number of alkyl halides is 1. The Balaban J connectivity index is 2.12. The van der Waals surface area contributed by atoms with E-state index in [-0.39, 0.29) is 6.04 Å². The zero-order valence-corrected chi connectivity index (χ0v) is 11.6. The van der Waals surface area contributed by atoms with Gasteiger partial charge in [0.2, 0.25) is 0 Å². The van der Waals surface area contributed by atoms with Gasteiger partial charge in [-0.3, -0.25) is 4.68 Å². The molecule has 2 unspecified atom stereocenters.